The number of aliphatic imine (C=N–C) groups is 1. The van der Waals surface area contributed by atoms with Crippen LogP contribution in [0.3, 0.4) is 0 Å². The third kappa shape index (κ3) is 5.21. The molecule has 35 heavy (non-hydrogen) atoms. The fourth-order valence-corrected chi connectivity index (χ4v) is 4.82. The van der Waals surface area contributed by atoms with Gasteiger partial charge in [-0.15, -0.1) is 0 Å². The van der Waals surface area contributed by atoms with E-state index in [1.54, 1.807) is 6.34 Å². The number of amides is 1. The lowest BCUT2D eigenvalue weighted by atomic mass is 9.75. The summed E-state index contributed by atoms with van der Waals surface area (Å²) < 4.78 is 0. The maximum Gasteiger partial charge on any atom is 0.260 e. The van der Waals surface area contributed by atoms with Gasteiger partial charge in [-0.2, -0.15) is 0 Å². The second-order valence-electron chi connectivity index (χ2n) is 8.79. The second kappa shape index (κ2) is 10.8. The molecule has 0 bridgehead atoms. The third-order valence-electron chi connectivity index (χ3n) is 6.18. The Morgan fingerprint density at radius 3 is 2.06 bits per heavy atom. The molecule has 0 radical (unpaired) electrons. The molecule has 0 spiro atoms. The van der Waals surface area contributed by atoms with E-state index < -0.39 is 11.7 Å². The van der Waals surface area contributed by atoms with Gasteiger partial charge in [-0.1, -0.05) is 79.5 Å². The van der Waals surface area contributed by atoms with Gasteiger partial charge in [0.15, 0.2) is 5.66 Å². The number of carbonyl (C=O) groups is 1. The third-order valence-corrected chi connectivity index (χ3v) is 6.68. The first-order valence-corrected chi connectivity index (χ1v) is 12.1. The van der Waals surface area contributed by atoms with Gasteiger partial charge in [-0.25, -0.2) is 10.5 Å². The number of hydrogen-bond donors (Lipinski definition) is 3. The fourth-order valence-electron chi connectivity index (χ4n) is 4.56. The maximum atomic E-state index is 13.1. The molecule has 1 aliphatic rings. The van der Waals surface area contributed by atoms with Crippen LogP contribution in [0.2, 0.25) is 10.0 Å². The Hall–Kier alpha value is -2.90. The molecule has 2 atom stereocenters. The van der Waals surface area contributed by atoms with Crippen LogP contribution >= 0.6 is 23.2 Å². The molecule has 0 fully saturated rings. The molecule has 6 nitrogen and oxygen atoms in total. The zero-order chi connectivity index (χ0) is 25.0. The molecule has 1 unspecified atom stereocenters. The van der Waals surface area contributed by atoms with Gasteiger partial charge in [0.25, 0.3) is 5.91 Å². The summed E-state index contributed by atoms with van der Waals surface area (Å²) in [6.07, 6.45) is 1.68. The van der Waals surface area contributed by atoms with Gasteiger partial charge in [0.2, 0.25) is 0 Å². The van der Waals surface area contributed by atoms with Crippen molar-refractivity contribution in [2.24, 2.45) is 10.9 Å². The average molecular weight is 511 g/mol. The van der Waals surface area contributed by atoms with Gasteiger partial charge in [-0.05, 0) is 47.4 Å². The van der Waals surface area contributed by atoms with E-state index in [1.165, 1.54) is 7.11 Å². The van der Waals surface area contributed by atoms with Crippen molar-refractivity contribution in [3.8, 4) is 0 Å². The molecule has 4 rings (SSSR count). The van der Waals surface area contributed by atoms with Gasteiger partial charge in [-0.3, -0.25) is 14.9 Å². The molecular formula is C27H28Cl2N4O2. The summed E-state index contributed by atoms with van der Waals surface area (Å²) in [6, 6.07) is 22.8. The SMILES string of the molecule is CONC(=O)C(N[C@@]1(C(c2ccc(Cl)cc2)c2ccc(Cl)cc2)N=CNc2ccccc21)C(C)C. The topological polar surface area (TPSA) is 74.8 Å². The van der Waals surface area contributed by atoms with Crippen LogP contribution in [-0.2, 0) is 15.3 Å². The van der Waals surface area contributed by atoms with Crippen LogP contribution in [0.25, 0.3) is 0 Å². The van der Waals surface area contributed by atoms with Crippen LogP contribution < -0.4 is 16.1 Å². The zero-order valence-electron chi connectivity index (χ0n) is 19.8. The number of fused-ring (bicyclic) bond motifs is 1. The Morgan fingerprint density at radius 1 is 0.943 bits per heavy atom. The molecule has 3 aromatic carbocycles. The van der Waals surface area contributed by atoms with E-state index in [2.05, 4.69) is 16.1 Å². The minimum Gasteiger partial charge on any atom is -0.346 e. The maximum absolute atomic E-state index is 13.1. The lowest BCUT2D eigenvalue weighted by molar-refractivity contribution is -0.135. The van der Waals surface area contributed by atoms with E-state index in [-0.39, 0.29) is 17.7 Å². The van der Waals surface area contributed by atoms with Crippen LogP contribution in [0, 0.1) is 5.92 Å². The van der Waals surface area contributed by atoms with Crippen molar-refractivity contribution in [3.63, 3.8) is 0 Å². The molecule has 0 saturated heterocycles. The largest absolute Gasteiger partial charge is 0.346 e. The number of nitrogens with zero attached hydrogens (tertiary/aromatic N) is 1. The number of halogens is 2. The van der Waals surface area contributed by atoms with E-state index in [0.29, 0.717) is 10.0 Å². The van der Waals surface area contributed by atoms with Crippen molar-refractivity contribution < 1.29 is 9.63 Å². The molecule has 0 saturated carbocycles. The summed E-state index contributed by atoms with van der Waals surface area (Å²) in [4.78, 5) is 23.1. The quantitative estimate of drug-likeness (QED) is 0.338. The predicted molar refractivity (Wildman–Crippen MR) is 142 cm³/mol. The summed E-state index contributed by atoms with van der Waals surface area (Å²) in [5.74, 6) is -0.664. The fraction of sp³-hybridized carbons (Fsp3) is 0.259. The Morgan fingerprint density at radius 2 is 1.51 bits per heavy atom. The van der Waals surface area contributed by atoms with E-state index in [1.807, 2.05) is 86.6 Å². The van der Waals surface area contributed by atoms with E-state index in [9.17, 15) is 4.79 Å². The number of hydrogen-bond acceptors (Lipinski definition) is 5. The highest BCUT2D eigenvalue weighted by atomic mass is 35.5. The van der Waals surface area contributed by atoms with Crippen molar-refractivity contribution >= 4 is 41.1 Å². The first-order chi connectivity index (χ1) is 16.9. The Labute approximate surface area is 215 Å². The highest BCUT2D eigenvalue weighted by Gasteiger charge is 2.47. The number of anilines is 1. The number of hydroxylamine groups is 1. The molecule has 8 heteroatoms. The van der Waals surface area contributed by atoms with Crippen LogP contribution in [0.1, 0.15) is 36.5 Å². The van der Waals surface area contributed by atoms with Crippen LogP contribution in [0.5, 0.6) is 0 Å². The van der Waals surface area contributed by atoms with Crippen molar-refractivity contribution in [2.75, 3.05) is 12.4 Å². The molecule has 0 aliphatic carbocycles. The Balaban J connectivity index is 1.98. The molecule has 1 heterocycles. The molecule has 182 valence electrons. The monoisotopic (exact) mass is 510 g/mol. The number of carbonyl (C=O) groups excluding carboxylic acids is 1. The summed E-state index contributed by atoms with van der Waals surface area (Å²) in [7, 11) is 1.42. The average Bonchev–Trinajstić information content (AvgIpc) is 2.85. The summed E-state index contributed by atoms with van der Waals surface area (Å²) in [5.41, 5.74) is 5.22. The van der Waals surface area contributed by atoms with E-state index >= 15 is 0 Å². The molecule has 3 N–H and O–H groups in total. The van der Waals surface area contributed by atoms with Crippen molar-refractivity contribution in [2.45, 2.75) is 31.5 Å². The minimum atomic E-state index is -1.04. The summed E-state index contributed by atoms with van der Waals surface area (Å²) in [5, 5.41) is 8.17. The van der Waals surface area contributed by atoms with Gasteiger partial charge in [0.05, 0.1) is 25.4 Å². The van der Waals surface area contributed by atoms with E-state index in [0.717, 1.165) is 22.4 Å². The Kier molecular flexibility index (Phi) is 7.77. The van der Waals surface area contributed by atoms with E-state index in [4.69, 9.17) is 33.0 Å². The molecule has 0 aromatic heterocycles. The van der Waals surface area contributed by atoms with Crippen molar-refractivity contribution in [1.82, 2.24) is 10.8 Å². The molecular weight excluding hydrogens is 483 g/mol. The highest BCUT2D eigenvalue weighted by molar-refractivity contribution is 6.30. The van der Waals surface area contributed by atoms with Gasteiger partial charge >= 0.3 is 0 Å². The second-order valence-corrected chi connectivity index (χ2v) is 9.66. The number of para-hydroxylation sites is 1. The lowest BCUT2D eigenvalue weighted by Crippen LogP contribution is -2.58. The van der Waals surface area contributed by atoms with Gasteiger partial charge < -0.3 is 5.32 Å². The molecule has 1 amide bonds. The molecule has 1 aliphatic heterocycles. The normalized spacial score (nSPS) is 17.7. The summed E-state index contributed by atoms with van der Waals surface area (Å²) >= 11 is 12.5. The first kappa shape index (κ1) is 25.2. The number of rotatable bonds is 8. The van der Waals surface area contributed by atoms with Crippen LogP contribution in [0.15, 0.2) is 77.8 Å². The smallest absolute Gasteiger partial charge is 0.260 e. The van der Waals surface area contributed by atoms with Gasteiger partial charge in [0, 0.05) is 21.3 Å². The zero-order valence-corrected chi connectivity index (χ0v) is 21.3. The van der Waals surface area contributed by atoms with Crippen molar-refractivity contribution in [1.29, 1.82) is 0 Å². The highest BCUT2D eigenvalue weighted by Crippen LogP contribution is 2.47. The number of benzene rings is 3. The van der Waals surface area contributed by atoms with Crippen LogP contribution in [0.4, 0.5) is 5.69 Å². The predicted octanol–water partition coefficient (Wildman–Crippen LogP) is 5.72. The minimum absolute atomic E-state index is 0.0599. The first-order valence-electron chi connectivity index (χ1n) is 11.4. The Bertz CT molecular complexity index is 1150. The summed E-state index contributed by atoms with van der Waals surface area (Å²) in [6.45, 7) is 3.97. The van der Waals surface area contributed by atoms with Crippen LogP contribution in [-0.4, -0.2) is 25.4 Å². The van der Waals surface area contributed by atoms with Crippen molar-refractivity contribution in [3.05, 3.63) is 99.5 Å². The standard InChI is InChI=1S/C27H28Cl2N4O2/c1-17(2)25(26(34)33-35-3)32-27(22-6-4-5-7-23(22)30-16-31-27)24(18-8-12-20(28)13-9-18)19-10-14-21(29)15-11-19/h4-17,24-25,32H,1-3H3,(H,30,31)(H,33,34)/t25?,27-/m0/s1. The lowest BCUT2D eigenvalue weighted by Gasteiger charge is -2.44. The number of nitrogens with one attached hydrogen (secondary N) is 3. The van der Waals surface area contributed by atoms with Gasteiger partial charge in [0.1, 0.15) is 0 Å². The molecule has 3 aromatic rings.